The quantitative estimate of drug-likeness (QED) is 0.0506. The van der Waals surface area contributed by atoms with Gasteiger partial charge in [-0.15, -0.1) is 0 Å². The number of aryl methyl sites for hydroxylation is 1. The lowest BCUT2D eigenvalue weighted by atomic mass is 10.0. The summed E-state index contributed by atoms with van der Waals surface area (Å²) in [6.45, 7) is 2.69. The zero-order chi connectivity index (χ0) is 28.9. The van der Waals surface area contributed by atoms with Crippen molar-refractivity contribution < 1.29 is 14.3 Å². The predicted octanol–water partition coefficient (Wildman–Crippen LogP) is 11.7. The molecule has 0 bridgehead atoms. The Kier molecular flexibility index (Phi) is 26.2. The molecule has 0 amide bonds. The van der Waals surface area contributed by atoms with Crippen LogP contribution < -0.4 is 0 Å². The van der Waals surface area contributed by atoms with Crippen LogP contribution in [0, 0.1) is 0 Å². The van der Waals surface area contributed by atoms with Gasteiger partial charge in [-0.05, 0) is 49.7 Å². The summed E-state index contributed by atoms with van der Waals surface area (Å²) in [5.41, 5.74) is 2.48. The van der Waals surface area contributed by atoms with E-state index in [2.05, 4.69) is 47.1 Å². The number of methoxy groups -OCH3 is 1. The van der Waals surface area contributed by atoms with Crippen LogP contribution in [0.4, 0.5) is 0 Å². The highest BCUT2D eigenvalue weighted by Crippen LogP contribution is 2.17. The van der Waals surface area contributed by atoms with Crippen LogP contribution in [-0.2, 0) is 27.3 Å². The van der Waals surface area contributed by atoms with Crippen LogP contribution in [0.5, 0.6) is 0 Å². The van der Waals surface area contributed by atoms with Gasteiger partial charge in [0.2, 0.25) is 0 Å². The number of rotatable bonds is 29. The third-order valence-electron chi connectivity index (χ3n) is 8.11. The van der Waals surface area contributed by atoms with Gasteiger partial charge < -0.3 is 9.47 Å². The van der Waals surface area contributed by atoms with Crippen LogP contribution in [-0.4, -0.2) is 24.5 Å². The topological polar surface area (TPSA) is 35.5 Å². The van der Waals surface area contributed by atoms with Crippen LogP contribution in [0.1, 0.15) is 166 Å². The number of unbranched alkanes of at least 4 members (excludes halogenated alkanes) is 17. The molecule has 3 nitrogen and oxygen atoms in total. The van der Waals surface area contributed by atoms with Gasteiger partial charge in [-0.2, -0.15) is 0 Å². The summed E-state index contributed by atoms with van der Waals surface area (Å²) in [7, 11) is 1.90. The number of carbonyl (C=O) groups is 1. The first-order valence-electron chi connectivity index (χ1n) is 17.0. The SMILES string of the molecule is CCCCCCCCC(CCCCCCCCCCCc1cccc(COC(=O)CCCCCCCBr)c1)OC. The smallest absolute Gasteiger partial charge is 0.306 e. The Morgan fingerprint density at radius 1 is 0.700 bits per heavy atom. The maximum atomic E-state index is 12.0. The second-order valence-electron chi connectivity index (χ2n) is 11.8. The molecule has 0 saturated heterocycles. The molecule has 1 atom stereocenters. The van der Waals surface area contributed by atoms with E-state index in [1.807, 2.05) is 7.11 Å². The highest BCUT2D eigenvalue weighted by Gasteiger charge is 2.07. The minimum absolute atomic E-state index is 0.0615. The molecule has 0 N–H and O–H groups in total. The van der Waals surface area contributed by atoms with Crippen molar-refractivity contribution in [3.05, 3.63) is 35.4 Å². The van der Waals surface area contributed by atoms with Gasteiger partial charge in [-0.3, -0.25) is 4.79 Å². The third kappa shape index (κ3) is 22.8. The van der Waals surface area contributed by atoms with Crippen molar-refractivity contribution in [2.75, 3.05) is 12.4 Å². The number of carbonyl (C=O) groups excluding carboxylic acids is 1. The van der Waals surface area contributed by atoms with Crippen molar-refractivity contribution in [1.82, 2.24) is 0 Å². The molecule has 0 radical (unpaired) electrons. The minimum atomic E-state index is -0.0615. The normalized spacial score (nSPS) is 12.1. The molecule has 4 heteroatoms. The summed E-state index contributed by atoms with van der Waals surface area (Å²) < 4.78 is 11.2. The summed E-state index contributed by atoms with van der Waals surface area (Å²) in [6.07, 6.45) is 30.7. The largest absolute Gasteiger partial charge is 0.461 e. The lowest BCUT2D eigenvalue weighted by molar-refractivity contribution is -0.145. The Bertz CT molecular complexity index is 692. The van der Waals surface area contributed by atoms with Crippen molar-refractivity contribution >= 4 is 21.9 Å². The summed E-state index contributed by atoms with van der Waals surface area (Å²) in [4.78, 5) is 12.0. The summed E-state index contributed by atoms with van der Waals surface area (Å²) in [6, 6.07) is 8.60. The number of ether oxygens (including phenoxy) is 2. The molecule has 0 aliphatic rings. The Hall–Kier alpha value is -0.870. The second kappa shape index (κ2) is 28.3. The van der Waals surface area contributed by atoms with E-state index in [1.54, 1.807) is 0 Å². The van der Waals surface area contributed by atoms with Crippen molar-refractivity contribution in [3.8, 4) is 0 Å². The molecule has 1 unspecified atom stereocenters. The second-order valence-corrected chi connectivity index (χ2v) is 12.6. The molecule has 0 aromatic heterocycles. The number of hydrogen-bond donors (Lipinski definition) is 0. The van der Waals surface area contributed by atoms with E-state index in [4.69, 9.17) is 9.47 Å². The van der Waals surface area contributed by atoms with Gasteiger partial charge in [0, 0.05) is 18.9 Å². The molecule has 0 spiro atoms. The monoisotopic (exact) mass is 622 g/mol. The molecule has 1 aromatic carbocycles. The molecule has 0 aliphatic heterocycles. The average molecular weight is 624 g/mol. The van der Waals surface area contributed by atoms with Gasteiger partial charge in [0.1, 0.15) is 6.61 Å². The number of hydrogen-bond acceptors (Lipinski definition) is 3. The Balaban J connectivity index is 1.98. The highest BCUT2D eigenvalue weighted by molar-refractivity contribution is 9.09. The first-order chi connectivity index (χ1) is 19.7. The molecule has 232 valence electrons. The maximum absolute atomic E-state index is 12.0. The Morgan fingerprint density at radius 3 is 1.82 bits per heavy atom. The zero-order valence-corrected chi connectivity index (χ0v) is 28.0. The van der Waals surface area contributed by atoms with Crippen LogP contribution in [0.3, 0.4) is 0 Å². The zero-order valence-electron chi connectivity index (χ0n) is 26.4. The van der Waals surface area contributed by atoms with Crippen molar-refractivity contribution in [2.24, 2.45) is 0 Å². The molecule has 0 heterocycles. The van der Waals surface area contributed by atoms with Crippen molar-refractivity contribution in [1.29, 1.82) is 0 Å². The molecular formula is C36H63BrO3. The first kappa shape index (κ1) is 37.2. The minimum Gasteiger partial charge on any atom is -0.461 e. The van der Waals surface area contributed by atoms with Crippen LogP contribution >= 0.6 is 15.9 Å². The molecule has 1 aromatic rings. The van der Waals surface area contributed by atoms with E-state index < -0.39 is 0 Å². The maximum Gasteiger partial charge on any atom is 0.306 e. The Labute approximate surface area is 257 Å². The number of benzene rings is 1. The van der Waals surface area contributed by atoms with Gasteiger partial charge in [-0.25, -0.2) is 0 Å². The van der Waals surface area contributed by atoms with E-state index in [0.29, 0.717) is 19.1 Å². The van der Waals surface area contributed by atoms with Crippen LogP contribution in [0.15, 0.2) is 24.3 Å². The summed E-state index contributed by atoms with van der Waals surface area (Å²) in [5, 5.41) is 1.07. The van der Waals surface area contributed by atoms with E-state index in [9.17, 15) is 4.79 Å². The number of esters is 1. The highest BCUT2D eigenvalue weighted by atomic mass is 79.9. The fourth-order valence-corrected chi connectivity index (χ4v) is 5.87. The number of halogens is 1. The lowest BCUT2D eigenvalue weighted by Gasteiger charge is -2.15. The fraction of sp³-hybridized carbons (Fsp3) is 0.806. The average Bonchev–Trinajstić information content (AvgIpc) is 2.97. The van der Waals surface area contributed by atoms with E-state index in [0.717, 1.165) is 30.2 Å². The molecule has 0 saturated carbocycles. The molecule has 0 aliphatic carbocycles. The van der Waals surface area contributed by atoms with Gasteiger partial charge in [0.05, 0.1) is 6.10 Å². The van der Waals surface area contributed by atoms with Gasteiger partial charge in [-0.1, -0.05) is 156 Å². The molecule has 1 rings (SSSR count). The summed E-state index contributed by atoms with van der Waals surface area (Å²) in [5.74, 6) is -0.0615. The van der Waals surface area contributed by atoms with E-state index in [1.165, 1.54) is 134 Å². The van der Waals surface area contributed by atoms with Crippen molar-refractivity contribution in [3.63, 3.8) is 0 Å². The number of alkyl halides is 1. The third-order valence-corrected chi connectivity index (χ3v) is 8.67. The van der Waals surface area contributed by atoms with Gasteiger partial charge in [0.25, 0.3) is 0 Å². The van der Waals surface area contributed by atoms with Gasteiger partial charge in [0.15, 0.2) is 0 Å². The van der Waals surface area contributed by atoms with Crippen LogP contribution in [0.2, 0.25) is 0 Å². The van der Waals surface area contributed by atoms with Gasteiger partial charge >= 0.3 is 5.97 Å². The molecule has 0 fully saturated rings. The standard InChI is InChI=1S/C36H63BrO3/c1-3-4-5-6-14-19-27-35(39-2)28-20-15-11-9-7-8-10-13-18-24-33-25-23-26-34(31-33)32-40-36(38)29-21-16-12-17-22-30-37/h23,25-26,31,35H,3-22,24,27-30,32H2,1-2H3. The summed E-state index contributed by atoms with van der Waals surface area (Å²) >= 11 is 3.46. The van der Waals surface area contributed by atoms with Crippen LogP contribution in [0.25, 0.3) is 0 Å². The Morgan fingerprint density at radius 2 is 1.23 bits per heavy atom. The fourth-order valence-electron chi connectivity index (χ4n) is 5.48. The first-order valence-corrected chi connectivity index (χ1v) is 18.1. The lowest BCUT2D eigenvalue weighted by Crippen LogP contribution is -2.10. The molecule has 40 heavy (non-hydrogen) atoms. The predicted molar refractivity (Wildman–Crippen MR) is 176 cm³/mol. The molecular weight excluding hydrogens is 560 g/mol. The van der Waals surface area contributed by atoms with E-state index in [-0.39, 0.29) is 5.97 Å². The van der Waals surface area contributed by atoms with E-state index >= 15 is 0 Å². The van der Waals surface area contributed by atoms with Crippen molar-refractivity contribution in [2.45, 2.75) is 174 Å².